The summed E-state index contributed by atoms with van der Waals surface area (Å²) in [5.41, 5.74) is 5.19. The Kier molecular flexibility index (Phi) is 6.03. The van der Waals surface area contributed by atoms with Gasteiger partial charge in [-0.05, 0) is 66.1 Å². The van der Waals surface area contributed by atoms with Crippen LogP contribution in [0.5, 0.6) is 0 Å². The molecule has 2 aromatic carbocycles. The van der Waals surface area contributed by atoms with Crippen LogP contribution in [0.1, 0.15) is 30.9 Å². The van der Waals surface area contributed by atoms with Gasteiger partial charge in [0.05, 0.1) is 11.6 Å². The Labute approximate surface area is 177 Å². The van der Waals surface area contributed by atoms with Gasteiger partial charge >= 0.3 is 0 Å². The largest absolute Gasteiger partial charge is 0.382 e. The maximum atomic E-state index is 9.23. The molecule has 0 atom stereocenters. The van der Waals surface area contributed by atoms with Gasteiger partial charge in [0.1, 0.15) is 0 Å². The van der Waals surface area contributed by atoms with Gasteiger partial charge < -0.3 is 5.32 Å². The zero-order valence-electron chi connectivity index (χ0n) is 17.0. The summed E-state index contributed by atoms with van der Waals surface area (Å²) in [5, 5.41) is 15.4. The normalized spacial score (nSPS) is 15.3. The third kappa shape index (κ3) is 4.39. The van der Waals surface area contributed by atoms with E-state index in [0.29, 0.717) is 6.04 Å². The van der Waals surface area contributed by atoms with Crippen LogP contribution in [-0.2, 0) is 0 Å². The maximum absolute atomic E-state index is 9.23. The molecule has 1 aliphatic rings. The van der Waals surface area contributed by atoms with E-state index in [4.69, 9.17) is 0 Å². The summed E-state index contributed by atoms with van der Waals surface area (Å²) >= 11 is 1.94. The van der Waals surface area contributed by atoms with E-state index < -0.39 is 0 Å². The lowest BCUT2D eigenvalue weighted by molar-refractivity contribution is 0.359. The van der Waals surface area contributed by atoms with Gasteiger partial charge in [0.15, 0.2) is 0 Å². The van der Waals surface area contributed by atoms with Crippen LogP contribution in [0, 0.1) is 18.3 Å². The molecule has 0 aliphatic carbocycles. The first-order valence-electron chi connectivity index (χ1n) is 10.2. The zero-order chi connectivity index (χ0) is 20.2. The Morgan fingerprint density at radius 1 is 1.17 bits per heavy atom. The number of nitriles is 1. The minimum Gasteiger partial charge on any atom is -0.382 e. The van der Waals surface area contributed by atoms with Crippen molar-refractivity contribution in [2.75, 3.05) is 24.2 Å². The van der Waals surface area contributed by atoms with E-state index in [2.05, 4.69) is 51.9 Å². The van der Waals surface area contributed by atoms with Gasteiger partial charge in [-0.3, -0.25) is 9.29 Å². The van der Waals surface area contributed by atoms with Crippen molar-refractivity contribution in [2.45, 2.75) is 32.7 Å². The van der Waals surface area contributed by atoms with Gasteiger partial charge in [-0.25, -0.2) is 0 Å². The first kappa shape index (κ1) is 19.8. The molecule has 1 fully saturated rings. The highest BCUT2D eigenvalue weighted by atomic mass is 32.2. The summed E-state index contributed by atoms with van der Waals surface area (Å²) in [7, 11) is 0. The molecule has 0 unspecified atom stereocenters. The topological polar surface area (TPSA) is 52.0 Å². The molecule has 4 nitrogen and oxygen atoms in total. The molecule has 3 aromatic rings. The number of fused-ring (bicyclic) bond motifs is 1. The van der Waals surface area contributed by atoms with Crippen LogP contribution in [-0.4, -0.2) is 34.2 Å². The van der Waals surface area contributed by atoms with E-state index in [1.165, 1.54) is 5.39 Å². The molecular weight excluding hydrogens is 376 g/mol. The van der Waals surface area contributed by atoms with Crippen LogP contribution in [0.25, 0.3) is 21.9 Å². The van der Waals surface area contributed by atoms with E-state index >= 15 is 0 Å². The summed E-state index contributed by atoms with van der Waals surface area (Å²) < 4.78 is 2.48. The summed E-state index contributed by atoms with van der Waals surface area (Å²) in [5.74, 6) is 1.14. The Bertz CT molecular complexity index is 1050. The van der Waals surface area contributed by atoms with Crippen LogP contribution >= 0.6 is 11.9 Å². The minimum atomic E-state index is 0.477. The first-order valence-corrected chi connectivity index (χ1v) is 11.2. The molecule has 5 heteroatoms. The zero-order valence-corrected chi connectivity index (χ0v) is 17.8. The van der Waals surface area contributed by atoms with Crippen molar-refractivity contribution in [1.82, 2.24) is 9.29 Å². The highest BCUT2D eigenvalue weighted by molar-refractivity contribution is 7.96. The van der Waals surface area contributed by atoms with Crippen molar-refractivity contribution in [3.63, 3.8) is 0 Å². The molecule has 1 aromatic heterocycles. The lowest BCUT2D eigenvalue weighted by Crippen LogP contribution is -2.35. The van der Waals surface area contributed by atoms with E-state index in [-0.39, 0.29) is 0 Å². The summed E-state index contributed by atoms with van der Waals surface area (Å²) in [6.45, 7) is 6.46. The summed E-state index contributed by atoms with van der Waals surface area (Å²) in [6.07, 6.45) is 6.10. The van der Waals surface area contributed by atoms with Gasteiger partial charge in [0.2, 0.25) is 0 Å². The highest BCUT2D eigenvalue weighted by Gasteiger charge is 2.20. The van der Waals surface area contributed by atoms with Crippen molar-refractivity contribution >= 4 is 28.4 Å². The second kappa shape index (κ2) is 8.86. The van der Waals surface area contributed by atoms with E-state index in [1.807, 2.05) is 43.4 Å². The van der Waals surface area contributed by atoms with Crippen LogP contribution in [0.3, 0.4) is 0 Å². The summed E-state index contributed by atoms with van der Waals surface area (Å²) in [4.78, 5) is 4.35. The summed E-state index contributed by atoms with van der Waals surface area (Å²) in [6, 6.07) is 15.3. The number of hydrogen-bond donors (Lipinski definition) is 1. The number of benzene rings is 2. The third-order valence-corrected chi connectivity index (χ3v) is 6.55. The molecule has 0 radical (unpaired) electrons. The predicted molar refractivity (Wildman–Crippen MR) is 123 cm³/mol. The van der Waals surface area contributed by atoms with Gasteiger partial charge in [-0.15, -0.1) is 0 Å². The number of nitrogens with one attached hydrogen (secondary N) is 1. The third-order valence-electron chi connectivity index (χ3n) is 5.56. The number of nitrogens with zero attached hydrogens (tertiary/aromatic N) is 3. The number of anilines is 1. The quantitative estimate of drug-likeness (QED) is 0.561. The monoisotopic (exact) mass is 402 g/mol. The molecule has 0 saturated carbocycles. The van der Waals surface area contributed by atoms with Crippen molar-refractivity contribution in [2.24, 2.45) is 0 Å². The van der Waals surface area contributed by atoms with Crippen LogP contribution in [0.2, 0.25) is 0 Å². The molecular formula is C24H26N4S. The molecule has 1 aliphatic heterocycles. The van der Waals surface area contributed by atoms with Crippen LogP contribution in [0.4, 0.5) is 5.69 Å². The van der Waals surface area contributed by atoms with Crippen molar-refractivity contribution < 1.29 is 0 Å². The van der Waals surface area contributed by atoms with Crippen LogP contribution < -0.4 is 5.32 Å². The number of hydrogen-bond acceptors (Lipinski definition) is 5. The van der Waals surface area contributed by atoms with E-state index in [0.717, 1.165) is 65.0 Å². The van der Waals surface area contributed by atoms with Crippen molar-refractivity contribution in [3.8, 4) is 17.2 Å². The maximum Gasteiger partial charge on any atom is 0.0994 e. The molecule has 0 amide bonds. The van der Waals surface area contributed by atoms with Crippen molar-refractivity contribution in [3.05, 3.63) is 59.9 Å². The number of pyridine rings is 1. The van der Waals surface area contributed by atoms with Gasteiger partial charge in [-0.1, -0.05) is 31.0 Å². The van der Waals surface area contributed by atoms with Crippen molar-refractivity contribution in [1.29, 1.82) is 5.26 Å². The lowest BCUT2D eigenvalue weighted by atomic mass is 9.97. The number of aromatic nitrogens is 1. The molecule has 1 saturated heterocycles. The Morgan fingerprint density at radius 2 is 2.00 bits per heavy atom. The average Bonchev–Trinajstić information content (AvgIpc) is 2.75. The first-order chi connectivity index (χ1) is 14.2. The number of rotatable bonds is 5. The lowest BCUT2D eigenvalue weighted by Gasteiger charge is -2.32. The fourth-order valence-electron chi connectivity index (χ4n) is 3.99. The van der Waals surface area contributed by atoms with E-state index in [1.54, 1.807) is 0 Å². The second-order valence-electron chi connectivity index (χ2n) is 7.53. The Balaban J connectivity index is 1.65. The molecule has 0 bridgehead atoms. The molecule has 29 heavy (non-hydrogen) atoms. The highest BCUT2D eigenvalue weighted by Crippen LogP contribution is 2.33. The molecule has 0 spiro atoms. The smallest absolute Gasteiger partial charge is 0.0994 e. The average molecular weight is 403 g/mol. The molecule has 148 valence electrons. The van der Waals surface area contributed by atoms with E-state index in [9.17, 15) is 5.26 Å². The van der Waals surface area contributed by atoms with Gasteiger partial charge in [0.25, 0.3) is 0 Å². The fourth-order valence-corrected chi connectivity index (χ4v) is 4.82. The molecule has 4 rings (SSSR count). The predicted octanol–water partition coefficient (Wildman–Crippen LogP) is 5.63. The molecule has 2 heterocycles. The fraction of sp³-hybridized carbons (Fsp3) is 0.333. The number of piperidine rings is 1. The number of aryl methyl sites for hydroxylation is 1. The second-order valence-corrected chi connectivity index (χ2v) is 8.88. The molecule has 1 N–H and O–H groups in total. The Morgan fingerprint density at radius 3 is 2.72 bits per heavy atom. The standard InChI is InChI=1S/C24H26N4S/c1-3-29-28-10-7-22(8-11-28)27-24-14-21(13-19-6-9-26-16-23(19)24)18-4-5-20(15-25)17(2)12-18/h4-6,9,12-14,16,22,27H,3,7-8,10-11H2,1-2H3. The SMILES string of the molecule is CCSN1CCC(Nc2cc(-c3ccc(C#N)c(C)c3)cc3ccncc23)CC1. The minimum absolute atomic E-state index is 0.477. The van der Waals surface area contributed by atoms with Gasteiger partial charge in [-0.2, -0.15) is 5.26 Å². The van der Waals surface area contributed by atoms with Gasteiger partial charge in [0, 0.05) is 48.4 Å². The Hall–Kier alpha value is -2.55. The van der Waals surface area contributed by atoms with Crippen LogP contribution in [0.15, 0.2) is 48.8 Å².